The summed E-state index contributed by atoms with van der Waals surface area (Å²) in [6.07, 6.45) is 1.42. The van der Waals surface area contributed by atoms with E-state index >= 15 is 0 Å². The zero-order chi connectivity index (χ0) is 16.0. The third-order valence-electron chi connectivity index (χ3n) is 3.45. The molecule has 0 saturated carbocycles. The van der Waals surface area contributed by atoms with Crippen LogP contribution in [0.1, 0.15) is 40.5 Å². The number of rotatable bonds is 4. The van der Waals surface area contributed by atoms with Gasteiger partial charge in [-0.25, -0.2) is 4.79 Å². The van der Waals surface area contributed by atoms with Crippen LogP contribution in [-0.4, -0.2) is 55.3 Å². The van der Waals surface area contributed by atoms with Crippen LogP contribution in [-0.2, 0) is 14.3 Å². The molecule has 1 saturated heterocycles. The molecule has 0 aromatic heterocycles. The van der Waals surface area contributed by atoms with E-state index in [1.54, 1.807) is 4.90 Å². The second-order valence-corrected chi connectivity index (χ2v) is 6.69. The summed E-state index contributed by atoms with van der Waals surface area (Å²) >= 11 is 0. The first-order chi connectivity index (χ1) is 9.73. The van der Waals surface area contributed by atoms with Crippen LogP contribution in [0.5, 0.6) is 0 Å². The van der Waals surface area contributed by atoms with Gasteiger partial charge in [0.2, 0.25) is 5.91 Å². The molecule has 0 aliphatic carbocycles. The van der Waals surface area contributed by atoms with Crippen molar-refractivity contribution in [1.29, 1.82) is 0 Å². The molecule has 6 heteroatoms. The van der Waals surface area contributed by atoms with Gasteiger partial charge < -0.3 is 19.7 Å². The number of hydrogen-bond donors (Lipinski definition) is 1. The second-order valence-electron chi connectivity index (χ2n) is 6.69. The van der Waals surface area contributed by atoms with Crippen molar-refractivity contribution in [2.45, 2.75) is 52.2 Å². The number of hydrogen-bond acceptors (Lipinski definition) is 4. The molecule has 1 aliphatic rings. The number of nitrogens with one attached hydrogen (secondary N) is 1. The predicted octanol–water partition coefficient (Wildman–Crippen LogP) is 1.78. The molecular weight excluding hydrogens is 272 g/mol. The lowest BCUT2D eigenvalue weighted by Gasteiger charge is -2.38. The number of carbonyl (C=O) groups is 2. The zero-order valence-corrected chi connectivity index (χ0v) is 13.8. The first-order valence-electron chi connectivity index (χ1n) is 7.48. The van der Waals surface area contributed by atoms with Gasteiger partial charge in [0.15, 0.2) is 0 Å². The number of piperidine rings is 1. The van der Waals surface area contributed by atoms with Gasteiger partial charge in [0.05, 0.1) is 0 Å². The molecular formula is C15H28N2O4. The number of amides is 2. The Morgan fingerprint density at radius 3 is 2.57 bits per heavy atom. The highest BCUT2D eigenvalue weighted by Gasteiger charge is 2.30. The van der Waals surface area contributed by atoms with Gasteiger partial charge in [0, 0.05) is 26.2 Å². The zero-order valence-electron chi connectivity index (χ0n) is 13.8. The van der Waals surface area contributed by atoms with E-state index in [0.29, 0.717) is 19.0 Å². The maximum absolute atomic E-state index is 12.0. The fourth-order valence-electron chi connectivity index (χ4n) is 2.50. The SMILES string of the molecule is COCC(=O)N1CC[C@H](C)C[C@H]1CNC(=O)OC(C)(C)C. The largest absolute Gasteiger partial charge is 0.444 e. The maximum atomic E-state index is 12.0. The smallest absolute Gasteiger partial charge is 0.407 e. The van der Waals surface area contributed by atoms with E-state index in [0.717, 1.165) is 12.8 Å². The standard InChI is InChI=1S/C15H28N2O4/c1-11-6-7-17(13(18)10-20-5)12(8-11)9-16-14(19)21-15(2,3)4/h11-12H,6-10H2,1-5H3,(H,16,19)/t11-,12-/m0/s1. The van der Waals surface area contributed by atoms with Crippen molar-refractivity contribution in [3.8, 4) is 0 Å². The van der Waals surface area contributed by atoms with Gasteiger partial charge in [0.25, 0.3) is 0 Å². The number of carbonyl (C=O) groups excluding carboxylic acids is 2. The van der Waals surface area contributed by atoms with Crippen LogP contribution in [0.15, 0.2) is 0 Å². The minimum Gasteiger partial charge on any atom is -0.444 e. The van der Waals surface area contributed by atoms with Crippen molar-refractivity contribution in [3.05, 3.63) is 0 Å². The van der Waals surface area contributed by atoms with Crippen molar-refractivity contribution < 1.29 is 19.1 Å². The summed E-state index contributed by atoms with van der Waals surface area (Å²) < 4.78 is 10.1. The van der Waals surface area contributed by atoms with Crippen molar-refractivity contribution >= 4 is 12.0 Å². The van der Waals surface area contributed by atoms with Crippen LogP contribution in [0.4, 0.5) is 4.79 Å². The molecule has 6 nitrogen and oxygen atoms in total. The summed E-state index contributed by atoms with van der Waals surface area (Å²) in [5, 5.41) is 2.76. The van der Waals surface area contributed by atoms with Crippen molar-refractivity contribution in [2.75, 3.05) is 26.8 Å². The Hall–Kier alpha value is -1.30. The summed E-state index contributed by atoms with van der Waals surface area (Å²) in [6, 6.07) is 0.00363. The molecule has 1 N–H and O–H groups in total. The molecule has 0 unspecified atom stereocenters. The van der Waals surface area contributed by atoms with Gasteiger partial charge in [-0.15, -0.1) is 0 Å². The summed E-state index contributed by atoms with van der Waals surface area (Å²) in [4.78, 5) is 25.6. The van der Waals surface area contributed by atoms with E-state index in [2.05, 4.69) is 12.2 Å². The van der Waals surface area contributed by atoms with E-state index in [4.69, 9.17) is 9.47 Å². The van der Waals surface area contributed by atoms with Crippen LogP contribution in [0.3, 0.4) is 0 Å². The molecule has 0 bridgehead atoms. The average Bonchev–Trinajstić information content (AvgIpc) is 2.34. The van der Waals surface area contributed by atoms with Gasteiger partial charge in [-0.2, -0.15) is 0 Å². The first-order valence-corrected chi connectivity index (χ1v) is 7.48. The van der Waals surface area contributed by atoms with E-state index in [-0.39, 0.29) is 18.6 Å². The Morgan fingerprint density at radius 2 is 2.00 bits per heavy atom. The number of likely N-dealkylation sites (tertiary alicyclic amines) is 1. The molecule has 2 amide bonds. The van der Waals surface area contributed by atoms with Crippen molar-refractivity contribution in [2.24, 2.45) is 5.92 Å². The first kappa shape index (κ1) is 17.8. The lowest BCUT2D eigenvalue weighted by atomic mass is 9.92. The molecule has 0 aromatic rings. The average molecular weight is 300 g/mol. The molecule has 1 rings (SSSR count). The van der Waals surface area contributed by atoms with E-state index < -0.39 is 11.7 Å². The van der Waals surface area contributed by atoms with Gasteiger partial charge >= 0.3 is 6.09 Å². The Bertz CT molecular complexity index is 365. The monoisotopic (exact) mass is 300 g/mol. The van der Waals surface area contributed by atoms with E-state index in [1.807, 2.05) is 20.8 Å². The van der Waals surface area contributed by atoms with Crippen LogP contribution >= 0.6 is 0 Å². The highest BCUT2D eigenvalue weighted by Crippen LogP contribution is 2.22. The minimum atomic E-state index is -0.518. The highest BCUT2D eigenvalue weighted by atomic mass is 16.6. The molecule has 0 spiro atoms. The number of alkyl carbamates (subject to hydrolysis) is 1. The topological polar surface area (TPSA) is 67.9 Å². The Labute approximate surface area is 127 Å². The Morgan fingerprint density at radius 1 is 1.33 bits per heavy atom. The van der Waals surface area contributed by atoms with Crippen LogP contribution in [0, 0.1) is 5.92 Å². The van der Waals surface area contributed by atoms with Gasteiger partial charge in [-0.1, -0.05) is 6.92 Å². The molecule has 0 radical (unpaired) electrons. The molecule has 122 valence electrons. The molecule has 21 heavy (non-hydrogen) atoms. The van der Waals surface area contributed by atoms with Crippen LogP contribution in [0.25, 0.3) is 0 Å². The summed E-state index contributed by atoms with van der Waals surface area (Å²) in [6.45, 7) is 8.84. The quantitative estimate of drug-likeness (QED) is 0.859. The third-order valence-corrected chi connectivity index (χ3v) is 3.45. The summed E-state index contributed by atoms with van der Waals surface area (Å²) in [5.74, 6) is 0.516. The lowest BCUT2D eigenvalue weighted by molar-refractivity contribution is -0.139. The normalized spacial score (nSPS) is 22.8. The third kappa shape index (κ3) is 6.33. The summed E-state index contributed by atoms with van der Waals surface area (Å²) in [5.41, 5.74) is -0.518. The van der Waals surface area contributed by atoms with Crippen molar-refractivity contribution in [3.63, 3.8) is 0 Å². The predicted molar refractivity (Wildman–Crippen MR) is 80.0 cm³/mol. The molecule has 0 aromatic carbocycles. The molecule has 2 atom stereocenters. The number of methoxy groups -OCH3 is 1. The minimum absolute atomic E-state index is 0.00363. The number of ether oxygens (including phenoxy) is 2. The maximum Gasteiger partial charge on any atom is 0.407 e. The van der Waals surface area contributed by atoms with Crippen LogP contribution < -0.4 is 5.32 Å². The molecule has 1 heterocycles. The number of nitrogens with zero attached hydrogens (tertiary/aromatic N) is 1. The Balaban J connectivity index is 2.55. The van der Waals surface area contributed by atoms with Gasteiger partial charge in [0.1, 0.15) is 12.2 Å². The fourth-order valence-corrected chi connectivity index (χ4v) is 2.50. The van der Waals surface area contributed by atoms with Crippen LogP contribution in [0.2, 0.25) is 0 Å². The van der Waals surface area contributed by atoms with Crippen molar-refractivity contribution in [1.82, 2.24) is 10.2 Å². The van der Waals surface area contributed by atoms with Gasteiger partial charge in [-0.05, 0) is 39.5 Å². The molecule has 1 fully saturated rings. The Kier molecular flexibility index (Phi) is 6.45. The second kappa shape index (κ2) is 7.64. The lowest BCUT2D eigenvalue weighted by Crippen LogP contribution is -2.52. The highest BCUT2D eigenvalue weighted by molar-refractivity contribution is 5.78. The van der Waals surface area contributed by atoms with Gasteiger partial charge in [-0.3, -0.25) is 4.79 Å². The molecule has 1 aliphatic heterocycles. The summed E-state index contributed by atoms with van der Waals surface area (Å²) in [7, 11) is 1.51. The van der Waals surface area contributed by atoms with E-state index in [9.17, 15) is 9.59 Å². The van der Waals surface area contributed by atoms with E-state index in [1.165, 1.54) is 7.11 Å². The fraction of sp³-hybridized carbons (Fsp3) is 0.867.